The summed E-state index contributed by atoms with van der Waals surface area (Å²) >= 11 is 0. The summed E-state index contributed by atoms with van der Waals surface area (Å²) in [5, 5.41) is 0. The van der Waals surface area contributed by atoms with E-state index < -0.39 is 0 Å². The molecule has 0 saturated heterocycles. The van der Waals surface area contributed by atoms with Crippen molar-refractivity contribution in [3.63, 3.8) is 0 Å². The average Bonchev–Trinajstić information content (AvgIpc) is 2.89. The van der Waals surface area contributed by atoms with E-state index in [9.17, 15) is 0 Å². The van der Waals surface area contributed by atoms with Crippen molar-refractivity contribution in [1.82, 2.24) is 0 Å². The van der Waals surface area contributed by atoms with E-state index in [-0.39, 0.29) is 0 Å². The maximum Gasteiger partial charge on any atom is -0.0386 e. The molecule has 4 fully saturated rings. The van der Waals surface area contributed by atoms with E-state index in [1.807, 2.05) is 27.7 Å². The van der Waals surface area contributed by atoms with E-state index in [0.717, 1.165) is 29.6 Å². The van der Waals surface area contributed by atoms with Crippen LogP contribution < -0.4 is 0 Å². The first-order valence-corrected chi connectivity index (χ1v) is 19.1. The molecule has 0 bridgehead atoms. The van der Waals surface area contributed by atoms with Gasteiger partial charge in [-0.3, -0.25) is 0 Å². The second kappa shape index (κ2) is 29.5. The predicted octanol–water partition coefficient (Wildman–Crippen LogP) is 14.7. The van der Waals surface area contributed by atoms with Crippen LogP contribution in [0.3, 0.4) is 0 Å². The highest BCUT2D eigenvalue weighted by Crippen LogP contribution is 2.36. The molecule has 39 heavy (non-hydrogen) atoms. The Labute approximate surface area is 251 Å². The third-order valence-corrected chi connectivity index (χ3v) is 10.1. The summed E-state index contributed by atoms with van der Waals surface area (Å²) in [7, 11) is 0. The fraction of sp³-hybridized carbons (Fsp3) is 1.00. The lowest BCUT2D eigenvalue weighted by Gasteiger charge is -2.31. The first kappa shape index (κ1) is 39.0. The quantitative estimate of drug-likeness (QED) is 0.305. The van der Waals surface area contributed by atoms with Crippen molar-refractivity contribution < 1.29 is 0 Å². The Morgan fingerprint density at radius 2 is 0.410 bits per heavy atom. The molecule has 0 spiro atoms. The summed E-state index contributed by atoms with van der Waals surface area (Å²) in [5.74, 6) is 5.24. The van der Waals surface area contributed by atoms with Crippen LogP contribution in [0.25, 0.3) is 0 Å². The zero-order valence-corrected chi connectivity index (χ0v) is 29.0. The fourth-order valence-electron chi connectivity index (χ4n) is 7.50. The van der Waals surface area contributed by atoms with Gasteiger partial charge in [-0.25, -0.2) is 0 Å². The molecule has 0 radical (unpaired) electrons. The Morgan fingerprint density at radius 3 is 0.692 bits per heavy atom. The molecule has 0 unspecified atom stereocenters. The highest BCUT2D eigenvalue weighted by Gasteiger charge is 2.23. The van der Waals surface area contributed by atoms with Crippen molar-refractivity contribution in [1.29, 1.82) is 0 Å². The van der Waals surface area contributed by atoms with Crippen LogP contribution in [0.5, 0.6) is 0 Å². The highest BCUT2D eigenvalue weighted by molar-refractivity contribution is 4.75. The second-order valence-corrected chi connectivity index (χ2v) is 13.7. The molecule has 0 aromatic rings. The molecule has 0 aromatic heterocycles. The van der Waals surface area contributed by atoms with Gasteiger partial charge >= 0.3 is 0 Å². The molecule has 0 heterocycles. The van der Waals surface area contributed by atoms with Crippen molar-refractivity contribution in [2.24, 2.45) is 29.6 Å². The minimum Gasteiger partial charge on any atom is -0.0683 e. The standard InChI is InChI=1S/C17H32.2C9H18.2C2H6/c1-15-9-7-13-17(14-8-10-15)16-11-5-3-2-4-6-12-16;2*1-9-7-5-3-2-4-6-8-9;2*1-2/h15-17H,2-14H2,1H3;2*9H,2-8H2,1H3;2*1-2H3. The number of hydrogen-bond donors (Lipinski definition) is 0. The normalized spacial score (nSPS) is 26.8. The number of hydrogen-bond acceptors (Lipinski definition) is 0. The van der Waals surface area contributed by atoms with Crippen molar-refractivity contribution in [3.8, 4) is 0 Å². The minimum atomic E-state index is 1.01. The van der Waals surface area contributed by atoms with Crippen molar-refractivity contribution in [2.75, 3.05) is 0 Å². The molecule has 236 valence electrons. The number of rotatable bonds is 1. The Balaban J connectivity index is 0.000000559. The van der Waals surface area contributed by atoms with Crippen LogP contribution >= 0.6 is 0 Å². The molecule has 4 saturated carbocycles. The molecule has 4 aliphatic carbocycles. The van der Waals surface area contributed by atoms with E-state index in [1.165, 1.54) is 148 Å². The predicted molar refractivity (Wildman–Crippen MR) is 182 cm³/mol. The van der Waals surface area contributed by atoms with Crippen LogP contribution in [0.2, 0.25) is 0 Å². The molecule has 0 nitrogen and oxygen atoms in total. The molecule has 0 amide bonds. The molecular formula is C39H80. The third kappa shape index (κ3) is 23.3. The first-order valence-electron chi connectivity index (χ1n) is 19.1. The van der Waals surface area contributed by atoms with Gasteiger partial charge in [-0.2, -0.15) is 0 Å². The SMILES string of the molecule is CC.CC.CC1CCCC(C2CCCCCCC2)CCC1.CC1CCCCCCC1.CC1CCCCCCC1. The zero-order valence-electron chi connectivity index (χ0n) is 29.0. The fourth-order valence-corrected chi connectivity index (χ4v) is 7.50. The maximum atomic E-state index is 2.45. The lowest BCUT2D eigenvalue weighted by atomic mass is 9.75. The van der Waals surface area contributed by atoms with Gasteiger partial charge in [0.2, 0.25) is 0 Å². The summed E-state index contributed by atoms with van der Waals surface area (Å²) < 4.78 is 0. The Bertz CT molecular complexity index is 399. The molecule has 0 aliphatic heterocycles. The smallest absolute Gasteiger partial charge is 0.0386 e. The van der Waals surface area contributed by atoms with E-state index in [1.54, 1.807) is 25.7 Å². The highest BCUT2D eigenvalue weighted by atomic mass is 14.3. The van der Waals surface area contributed by atoms with Gasteiger partial charge < -0.3 is 0 Å². The summed E-state index contributed by atoms with van der Waals surface area (Å²) in [5.41, 5.74) is 0. The van der Waals surface area contributed by atoms with Crippen LogP contribution in [-0.2, 0) is 0 Å². The van der Waals surface area contributed by atoms with E-state index in [4.69, 9.17) is 0 Å². The van der Waals surface area contributed by atoms with Crippen LogP contribution in [-0.4, -0.2) is 0 Å². The summed E-state index contributed by atoms with van der Waals surface area (Å²) in [4.78, 5) is 0. The summed E-state index contributed by atoms with van der Waals surface area (Å²) in [6, 6.07) is 0. The molecule has 0 aromatic carbocycles. The molecule has 0 N–H and O–H groups in total. The largest absolute Gasteiger partial charge is 0.0683 e. The van der Waals surface area contributed by atoms with Gasteiger partial charge in [0, 0.05) is 0 Å². The third-order valence-electron chi connectivity index (χ3n) is 10.1. The first-order chi connectivity index (χ1) is 19.1. The van der Waals surface area contributed by atoms with E-state index >= 15 is 0 Å². The van der Waals surface area contributed by atoms with Gasteiger partial charge in [0.05, 0.1) is 0 Å². The lowest BCUT2D eigenvalue weighted by Crippen LogP contribution is -2.18. The summed E-state index contributed by atoms with van der Waals surface area (Å²) in [6.07, 6.45) is 40.7. The van der Waals surface area contributed by atoms with E-state index in [2.05, 4.69) is 20.8 Å². The molecule has 4 rings (SSSR count). The monoisotopic (exact) mass is 549 g/mol. The Hall–Kier alpha value is 0. The minimum absolute atomic E-state index is 1.01. The van der Waals surface area contributed by atoms with Crippen LogP contribution in [0.1, 0.15) is 222 Å². The van der Waals surface area contributed by atoms with Crippen molar-refractivity contribution in [2.45, 2.75) is 222 Å². The van der Waals surface area contributed by atoms with Gasteiger partial charge in [-0.15, -0.1) is 0 Å². The Morgan fingerprint density at radius 1 is 0.231 bits per heavy atom. The van der Waals surface area contributed by atoms with Gasteiger partial charge in [0.15, 0.2) is 0 Å². The zero-order chi connectivity index (χ0) is 29.0. The summed E-state index contributed by atoms with van der Waals surface area (Å²) in [6.45, 7) is 15.2. The molecule has 4 aliphatic rings. The Kier molecular flexibility index (Phi) is 29.5. The van der Waals surface area contributed by atoms with Gasteiger partial charge in [0.1, 0.15) is 0 Å². The van der Waals surface area contributed by atoms with Crippen LogP contribution in [0, 0.1) is 29.6 Å². The van der Waals surface area contributed by atoms with Gasteiger partial charge in [0.25, 0.3) is 0 Å². The van der Waals surface area contributed by atoms with Crippen LogP contribution in [0.4, 0.5) is 0 Å². The second-order valence-electron chi connectivity index (χ2n) is 13.7. The topological polar surface area (TPSA) is 0 Å². The van der Waals surface area contributed by atoms with Crippen molar-refractivity contribution in [3.05, 3.63) is 0 Å². The average molecular weight is 549 g/mol. The van der Waals surface area contributed by atoms with Gasteiger partial charge in [-0.1, -0.05) is 222 Å². The molecule has 0 atom stereocenters. The van der Waals surface area contributed by atoms with E-state index in [0.29, 0.717) is 0 Å². The molecule has 0 heteroatoms. The van der Waals surface area contributed by atoms with Crippen LogP contribution in [0.15, 0.2) is 0 Å². The van der Waals surface area contributed by atoms with Crippen molar-refractivity contribution >= 4 is 0 Å². The lowest BCUT2D eigenvalue weighted by molar-refractivity contribution is 0.210. The maximum absolute atomic E-state index is 2.45. The molecular weight excluding hydrogens is 468 g/mol. The van der Waals surface area contributed by atoms with Gasteiger partial charge in [-0.05, 0) is 29.6 Å².